The maximum atomic E-state index is 14.1. The van der Waals surface area contributed by atoms with Gasteiger partial charge in [-0.15, -0.1) is 0 Å². The Kier molecular flexibility index (Phi) is 9.27. The molecule has 4 atom stereocenters. The fourth-order valence-electron chi connectivity index (χ4n) is 8.72. The van der Waals surface area contributed by atoms with Crippen molar-refractivity contribution in [1.29, 1.82) is 0 Å². The first-order valence-corrected chi connectivity index (χ1v) is 17.4. The largest absolute Gasteiger partial charge is 0.504 e. The van der Waals surface area contributed by atoms with Gasteiger partial charge in [0.25, 0.3) is 0 Å². The van der Waals surface area contributed by atoms with E-state index in [4.69, 9.17) is 5.73 Å². The Morgan fingerprint density at radius 1 is 1.09 bits per heavy atom. The number of phenols is 2. The van der Waals surface area contributed by atoms with Crippen LogP contribution in [0.1, 0.15) is 88.3 Å². The Balaban J connectivity index is 1.28. The first kappa shape index (κ1) is 32.6. The lowest BCUT2D eigenvalue weighted by atomic mass is 9.48. The number of fused-ring (bicyclic) bond motifs is 1. The summed E-state index contributed by atoms with van der Waals surface area (Å²) in [6, 6.07) is 10.6. The third-order valence-electron chi connectivity index (χ3n) is 11.4. The Bertz CT molecular complexity index is 1430. The van der Waals surface area contributed by atoms with Crippen LogP contribution in [0.2, 0.25) is 0 Å². The minimum absolute atomic E-state index is 0.00400. The average molecular weight is 633 g/mol. The van der Waals surface area contributed by atoms with Crippen LogP contribution < -0.4 is 11.1 Å². The van der Waals surface area contributed by atoms with Crippen LogP contribution in [0, 0.1) is 11.8 Å². The molecule has 0 radical (unpaired) electrons. The van der Waals surface area contributed by atoms with Crippen molar-refractivity contribution in [2.24, 2.45) is 11.8 Å². The maximum Gasteiger partial charge on any atom is 0.227 e. The van der Waals surface area contributed by atoms with Gasteiger partial charge < -0.3 is 31.3 Å². The average Bonchev–Trinajstić information content (AvgIpc) is 3.83. The predicted molar refractivity (Wildman–Crippen MR) is 178 cm³/mol. The van der Waals surface area contributed by atoms with Crippen LogP contribution >= 0.6 is 0 Å². The lowest BCUT2D eigenvalue weighted by Gasteiger charge is -2.65. The zero-order chi connectivity index (χ0) is 32.6. The molecule has 3 aliphatic carbocycles. The number of nitrogen functional groups attached to an aromatic ring is 1. The van der Waals surface area contributed by atoms with Gasteiger partial charge in [0.15, 0.2) is 11.5 Å². The van der Waals surface area contributed by atoms with Crippen molar-refractivity contribution in [3.8, 4) is 11.5 Å². The summed E-state index contributed by atoms with van der Waals surface area (Å²) >= 11 is 0. The van der Waals surface area contributed by atoms with E-state index < -0.39 is 11.0 Å². The summed E-state index contributed by atoms with van der Waals surface area (Å²) < 4.78 is 0. The molecule has 6 N–H and O–H groups in total. The molecular weight excluding hydrogens is 580 g/mol. The second-order valence-electron chi connectivity index (χ2n) is 14.9. The molecule has 2 aromatic rings. The van der Waals surface area contributed by atoms with Gasteiger partial charge in [-0.25, -0.2) is 0 Å². The Labute approximate surface area is 273 Å². The minimum Gasteiger partial charge on any atom is -0.504 e. The molecule has 2 aromatic carbocycles. The number of likely N-dealkylation sites (tertiary alicyclic amines) is 1. The zero-order valence-electron chi connectivity index (χ0n) is 27.5. The van der Waals surface area contributed by atoms with Gasteiger partial charge in [0, 0.05) is 54.8 Å². The highest BCUT2D eigenvalue weighted by molar-refractivity contribution is 5.80. The van der Waals surface area contributed by atoms with E-state index >= 15 is 0 Å². The topological polar surface area (TPSA) is 139 Å². The molecule has 4 aliphatic rings. The van der Waals surface area contributed by atoms with Crippen LogP contribution in [-0.2, 0) is 27.8 Å². The van der Waals surface area contributed by atoms with E-state index in [-0.39, 0.29) is 41.8 Å². The van der Waals surface area contributed by atoms with Gasteiger partial charge in [0.2, 0.25) is 11.8 Å². The third kappa shape index (κ3) is 6.33. The summed E-state index contributed by atoms with van der Waals surface area (Å²) in [6.07, 6.45) is 7.39. The molecule has 1 aliphatic heterocycles. The van der Waals surface area contributed by atoms with E-state index in [2.05, 4.69) is 24.1 Å². The van der Waals surface area contributed by atoms with Crippen molar-refractivity contribution in [2.75, 3.05) is 31.9 Å². The first-order chi connectivity index (χ1) is 22.0. The van der Waals surface area contributed by atoms with Crippen LogP contribution in [0.4, 0.5) is 5.69 Å². The number of anilines is 1. The Morgan fingerprint density at radius 3 is 2.57 bits per heavy atom. The Hall–Kier alpha value is -3.30. The molecule has 9 heteroatoms. The summed E-state index contributed by atoms with van der Waals surface area (Å²) in [7, 11) is 0. The second kappa shape index (κ2) is 13.1. The lowest BCUT2D eigenvalue weighted by molar-refractivity contribution is -0.180. The molecule has 2 bridgehead atoms. The van der Waals surface area contributed by atoms with Gasteiger partial charge >= 0.3 is 0 Å². The van der Waals surface area contributed by atoms with Crippen LogP contribution in [0.3, 0.4) is 0 Å². The number of phenolic OH excluding ortho intramolecular Hbond substituents is 2. The molecule has 2 amide bonds. The SMILES string of the molecule is CC(C)CCNC(=O)CCCN(C(=O)Cc1ccc(N)cc1)C1CCC2(O)C3Cc4ccc(O)c(O)c4[C@]2(CCN3CC2CC2)C1. The van der Waals surface area contributed by atoms with Crippen molar-refractivity contribution < 1.29 is 24.9 Å². The number of aliphatic hydroxyl groups is 1. The minimum atomic E-state index is -1.09. The number of piperidine rings is 1. The molecular formula is C37H52N4O5. The quantitative estimate of drug-likeness (QED) is 0.174. The van der Waals surface area contributed by atoms with Gasteiger partial charge in [-0.1, -0.05) is 32.0 Å². The van der Waals surface area contributed by atoms with Crippen LogP contribution in [-0.4, -0.2) is 80.8 Å². The highest BCUT2D eigenvalue weighted by Crippen LogP contribution is 2.61. The number of aromatic hydroxyl groups is 2. The van der Waals surface area contributed by atoms with Gasteiger partial charge in [-0.2, -0.15) is 0 Å². The number of hydrogen-bond acceptors (Lipinski definition) is 7. The maximum absolute atomic E-state index is 14.1. The van der Waals surface area contributed by atoms with Crippen molar-refractivity contribution in [1.82, 2.24) is 15.1 Å². The number of rotatable bonds is 12. The van der Waals surface area contributed by atoms with Crippen LogP contribution in [0.15, 0.2) is 36.4 Å². The molecule has 0 aromatic heterocycles. The first-order valence-electron chi connectivity index (χ1n) is 17.4. The molecule has 3 unspecified atom stereocenters. The number of nitrogens with two attached hydrogens (primary N) is 1. The van der Waals surface area contributed by atoms with E-state index in [9.17, 15) is 24.9 Å². The highest BCUT2D eigenvalue weighted by Gasteiger charge is 2.66. The summed E-state index contributed by atoms with van der Waals surface area (Å²) in [6.45, 7) is 7.13. The van der Waals surface area contributed by atoms with Crippen LogP contribution in [0.25, 0.3) is 0 Å². The number of nitrogens with one attached hydrogen (secondary N) is 1. The molecule has 9 nitrogen and oxygen atoms in total. The molecule has 6 rings (SSSR count). The lowest BCUT2D eigenvalue weighted by Crippen LogP contribution is -2.74. The molecule has 2 saturated carbocycles. The van der Waals surface area contributed by atoms with Gasteiger partial charge in [0.1, 0.15) is 0 Å². The number of carbonyl (C=O) groups excluding carboxylic acids is 2. The normalized spacial score (nSPS) is 27.1. The predicted octanol–water partition coefficient (Wildman–Crippen LogP) is 4.26. The van der Waals surface area contributed by atoms with Gasteiger partial charge in [-0.3, -0.25) is 14.5 Å². The van der Waals surface area contributed by atoms with Crippen molar-refractivity contribution in [2.45, 2.75) is 108 Å². The van der Waals surface area contributed by atoms with E-state index in [1.807, 2.05) is 23.1 Å². The molecule has 1 heterocycles. The van der Waals surface area contributed by atoms with Gasteiger partial charge in [-0.05, 0) is 105 Å². The van der Waals surface area contributed by atoms with Crippen molar-refractivity contribution >= 4 is 17.5 Å². The number of hydrogen-bond donors (Lipinski definition) is 5. The number of amides is 2. The standard InChI is InChI=1S/C37H52N4O5/c1-24(2)14-17-39-32(43)4-3-18-41(33(44)20-25-7-10-28(38)11-8-25)29-13-15-37(46)31-21-27-9-12-30(42)35(45)34(27)36(37,22-29)16-19-40(31)23-26-5-6-26/h7-12,24,26,29,31,42,45-46H,3-6,13-23,38H2,1-2H3,(H,39,43)/t29?,31?,36-,37?/m0/s1. The van der Waals surface area contributed by atoms with E-state index in [1.54, 1.807) is 18.2 Å². The van der Waals surface area contributed by atoms with E-state index in [0.29, 0.717) is 81.1 Å². The highest BCUT2D eigenvalue weighted by atomic mass is 16.3. The van der Waals surface area contributed by atoms with E-state index in [0.717, 1.165) is 30.6 Å². The summed E-state index contributed by atoms with van der Waals surface area (Å²) in [5.74, 6) is 0.870. The number of nitrogens with zero attached hydrogens (tertiary/aromatic N) is 2. The molecule has 1 saturated heterocycles. The summed E-state index contributed by atoms with van der Waals surface area (Å²) in [4.78, 5) is 31.2. The fourth-order valence-corrected chi connectivity index (χ4v) is 8.72. The smallest absolute Gasteiger partial charge is 0.227 e. The van der Waals surface area contributed by atoms with E-state index in [1.165, 1.54) is 12.8 Å². The van der Waals surface area contributed by atoms with Crippen LogP contribution in [0.5, 0.6) is 11.5 Å². The molecule has 3 fully saturated rings. The molecule has 250 valence electrons. The van der Waals surface area contributed by atoms with Gasteiger partial charge in [0.05, 0.1) is 12.0 Å². The molecule has 46 heavy (non-hydrogen) atoms. The Morgan fingerprint density at radius 2 is 1.85 bits per heavy atom. The zero-order valence-corrected chi connectivity index (χ0v) is 27.5. The number of carbonyl (C=O) groups is 2. The third-order valence-corrected chi connectivity index (χ3v) is 11.4. The molecule has 0 spiro atoms. The summed E-state index contributed by atoms with van der Waals surface area (Å²) in [5, 5.41) is 37.9. The van der Waals surface area contributed by atoms with Crippen molar-refractivity contribution in [3.63, 3.8) is 0 Å². The second-order valence-corrected chi connectivity index (χ2v) is 14.9. The monoisotopic (exact) mass is 632 g/mol. The number of benzene rings is 2. The summed E-state index contributed by atoms with van der Waals surface area (Å²) in [5.41, 5.74) is 7.17. The fraction of sp³-hybridized carbons (Fsp3) is 0.622. The van der Waals surface area contributed by atoms with Crippen molar-refractivity contribution in [3.05, 3.63) is 53.1 Å².